The molecule has 0 aliphatic carbocycles. The van der Waals surface area contributed by atoms with Crippen LogP contribution < -0.4 is 0 Å². The van der Waals surface area contributed by atoms with Crippen LogP contribution in [-0.4, -0.2) is 52.1 Å². The summed E-state index contributed by atoms with van der Waals surface area (Å²) in [5.74, 6) is -0.139. The molecule has 2 aliphatic heterocycles. The van der Waals surface area contributed by atoms with Crippen molar-refractivity contribution < 1.29 is 14.7 Å². The lowest BCUT2D eigenvalue weighted by Crippen LogP contribution is -2.55. The number of carbonyl (C=O) groups excluding carboxylic acids is 1. The fourth-order valence-corrected chi connectivity index (χ4v) is 3.52. The molecule has 0 aromatic heterocycles. The smallest absolute Gasteiger partial charge is 0.320 e. The van der Waals surface area contributed by atoms with Crippen molar-refractivity contribution in [1.82, 2.24) is 9.80 Å². The molecule has 3 unspecified atom stereocenters. The van der Waals surface area contributed by atoms with Crippen molar-refractivity contribution in [2.24, 2.45) is 5.92 Å². The molecule has 2 saturated heterocycles. The zero-order valence-electron chi connectivity index (χ0n) is 12.5. The number of nitrogens with zero attached hydrogens (tertiary/aromatic N) is 2. The lowest BCUT2D eigenvalue weighted by molar-refractivity contribution is -0.138. The van der Waals surface area contributed by atoms with Crippen LogP contribution in [0.5, 0.6) is 0 Å². The van der Waals surface area contributed by atoms with Gasteiger partial charge >= 0.3 is 12.0 Å². The molecule has 2 amide bonds. The number of hydrogen-bond acceptors (Lipinski definition) is 2. The zero-order chi connectivity index (χ0) is 14.7. The summed E-state index contributed by atoms with van der Waals surface area (Å²) in [4.78, 5) is 27.4. The quantitative estimate of drug-likeness (QED) is 0.846. The number of amides is 2. The summed E-state index contributed by atoms with van der Waals surface area (Å²) >= 11 is 0. The summed E-state index contributed by atoms with van der Waals surface area (Å²) < 4.78 is 0. The Labute approximate surface area is 120 Å². The standard InChI is InChI=1S/C15H26N2O3/c1-11-6-8-16(12(2)9-11)15(20)17-7-4-3-5-13(17)10-14(18)19/h11-13H,3-10H2,1-2H3,(H,18,19). The maximum absolute atomic E-state index is 12.7. The van der Waals surface area contributed by atoms with Gasteiger partial charge in [0.05, 0.1) is 6.42 Å². The number of carbonyl (C=O) groups is 2. The highest BCUT2D eigenvalue weighted by molar-refractivity contribution is 5.76. The number of hydrogen-bond donors (Lipinski definition) is 1. The predicted molar refractivity (Wildman–Crippen MR) is 76.6 cm³/mol. The van der Waals surface area contributed by atoms with E-state index < -0.39 is 5.97 Å². The van der Waals surface area contributed by atoms with Gasteiger partial charge in [0.25, 0.3) is 0 Å². The van der Waals surface area contributed by atoms with Gasteiger partial charge in [-0.3, -0.25) is 4.79 Å². The molecule has 0 aromatic rings. The first-order chi connectivity index (χ1) is 9.49. The van der Waals surface area contributed by atoms with Crippen LogP contribution in [0.3, 0.4) is 0 Å². The fourth-order valence-electron chi connectivity index (χ4n) is 3.52. The second-order valence-electron chi connectivity index (χ2n) is 6.40. The molecule has 0 aromatic carbocycles. The van der Waals surface area contributed by atoms with E-state index in [9.17, 15) is 9.59 Å². The molecule has 5 heteroatoms. The molecule has 0 bridgehead atoms. The van der Waals surface area contributed by atoms with Gasteiger partial charge < -0.3 is 14.9 Å². The first-order valence-electron chi connectivity index (χ1n) is 7.78. The molecule has 0 spiro atoms. The highest BCUT2D eigenvalue weighted by Gasteiger charge is 2.34. The van der Waals surface area contributed by atoms with Crippen molar-refractivity contribution in [3.8, 4) is 0 Å². The van der Waals surface area contributed by atoms with Crippen LogP contribution in [0.2, 0.25) is 0 Å². The Morgan fingerprint density at radius 2 is 1.85 bits per heavy atom. The fraction of sp³-hybridized carbons (Fsp3) is 0.867. The number of rotatable bonds is 2. The third kappa shape index (κ3) is 3.44. The number of carboxylic acid groups (broad SMARTS) is 1. The molecule has 20 heavy (non-hydrogen) atoms. The van der Waals surface area contributed by atoms with Gasteiger partial charge in [-0.15, -0.1) is 0 Å². The van der Waals surface area contributed by atoms with E-state index >= 15 is 0 Å². The SMILES string of the molecule is CC1CCN(C(=O)N2CCCCC2CC(=O)O)C(C)C1. The van der Waals surface area contributed by atoms with E-state index in [4.69, 9.17) is 5.11 Å². The lowest BCUT2D eigenvalue weighted by Gasteiger charge is -2.43. The van der Waals surface area contributed by atoms with Gasteiger partial charge in [0.1, 0.15) is 0 Å². The van der Waals surface area contributed by atoms with Crippen LogP contribution in [0.4, 0.5) is 4.79 Å². The molecule has 0 radical (unpaired) electrons. The van der Waals surface area contributed by atoms with Crippen molar-refractivity contribution in [2.75, 3.05) is 13.1 Å². The minimum atomic E-state index is -0.810. The van der Waals surface area contributed by atoms with Crippen LogP contribution in [0.15, 0.2) is 0 Å². The van der Waals surface area contributed by atoms with Crippen molar-refractivity contribution >= 4 is 12.0 Å². The first-order valence-corrected chi connectivity index (χ1v) is 7.78. The average Bonchev–Trinajstić information content (AvgIpc) is 2.38. The molecular formula is C15H26N2O3. The van der Waals surface area contributed by atoms with Crippen LogP contribution in [0.25, 0.3) is 0 Å². The maximum atomic E-state index is 12.7. The Morgan fingerprint density at radius 1 is 1.10 bits per heavy atom. The Kier molecular flexibility index (Phi) is 4.89. The van der Waals surface area contributed by atoms with Crippen molar-refractivity contribution in [3.63, 3.8) is 0 Å². The largest absolute Gasteiger partial charge is 0.481 e. The monoisotopic (exact) mass is 282 g/mol. The Balaban J connectivity index is 2.03. The van der Waals surface area contributed by atoms with Crippen LogP contribution >= 0.6 is 0 Å². The third-order valence-corrected chi connectivity index (χ3v) is 4.67. The van der Waals surface area contributed by atoms with Gasteiger partial charge in [-0.2, -0.15) is 0 Å². The van der Waals surface area contributed by atoms with Gasteiger partial charge in [-0.25, -0.2) is 4.79 Å². The summed E-state index contributed by atoms with van der Waals surface area (Å²) in [5, 5.41) is 9.01. The van der Waals surface area contributed by atoms with E-state index in [1.54, 1.807) is 0 Å². The van der Waals surface area contributed by atoms with Gasteiger partial charge in [-0.1, -0.05) is 6.92 Å². The minimum absolute atomic E-state index is 0.0513. The molecule has 2 rings (SSSR count). The van der Waals surface area contributed by atoms with Crippen LogP contribution in [0.1, 0.15) is 52.4 Å². The van der Waals surface area contributed by atoms with E-state index in [1.807, 2.05) is 9.80 Å². The third-order valence-electron chi connectivity index (χ3n) is 4.67. The van der Waals surface area contributed by atoms with E-state index in [0.29, 0.717) is 12.5 Å². The van der Waals surface area contributed by atoms with Gasteiger partial charge in [-0.05, 0) is 44.9 Å². The number of likely N-dealkylation sites (tertiary alicyclic amines) is 2. The van der Waals surface area contributed by atoms with Crippen LogP contribution in [0, 0.1) is 5.92 Å². The zero-order valence-corrected chi connectivity index (χ0v) is 12.5. The first kappa shape index (κ1) is 15.1. The van der Waals surface area contributed by atoms with E-state index in [-0.39, 0.29) is 24.5 Å². The number of aliphatic carboxylic acids is 1. The highest BCUT2D eigenvalue weighted by atomic mass is 16.4. The Hall–Kier alpha value is -1.26. The van der Waals surface area contributed by atoms with E-state index in [0.717, 1.165) is 38.6 Å². The summed E-state index contributed by atoms with van der Waals surface area (Å²) in [6.45, 7) is 5.84. The van der Waals surface area contributed by atoms with Gasteiger partial charge in [0, 0.05) is 25.2 Å². The number of piperidine rings is 2. The van der Waals surface area contributed by atoms with Crippen LogP contribution in [-0.2, 0) is 4.79 Å². The number of carboxylic acids is 1. The second kappa shape index (κ2) is 6.46. The average molecular weight is 282 g/mol. The molecule has 114 valence electrons. The molecule has 5 nitrogen and oxygen atoms in total. The molecule has 0 saturated carbocycles. The molecule has 2 fully saturated rings. The van der Waals surface area contributed by atoms with Gasteiger partial charge in [0.15, 0.2) is 0 Å². The molecule has 3 atom stereocenters. The minimum Gasteiger partial charge on any atom is -0.481 e. The Bertz CT molecular complexity index is 372. The highest BCUT2D eigenvalue weighted by Crippen LogP contribution is 2.26. The van der Waals surface area contributed by atoms with Crippen molar-refractivity contribution in [2.45, 2.75) is 64.5 Å². The number of urea groups is 1. The summed E-state index contributed by atoms with van der Waals surface area (Å²) in [7, 11) is 0. The lowest BCUT2D eigenvalue weighted by atomic mass is 9.93. The summed E-state index contributed by atoms with van der Waals surface area (Å²) in [5.41, 5.74) is 0. The maximum Gasteiger partial charge on any atom is 0.320 e. The van der Waals surface area contributed by atoms with E-state index in [1.165, 1.54) is 0 Å². The summed E-state index contributed by atoms with van der Waals surface area (Å²) in [6.07, 6.45) is 4.99. The second-order valence-corrected chi connectivity index (χ2v) is 6.40. The van der Waals surface area contributed by atoms with Gasteiger partial charge in [0.2, 0.25) is 0 Å². The Morgan fingerprint density at radius 3 is 2.50 bits per heavy atom. The molecule has 2 aliphatic rings. The summed E-state index contributed by atoms with van der Waals surface area (Å²) in [6, 6.07) is 0.189. The molecular weight excluding hydrogens is 256 g/mol. The predicted octanol–water partition coefficient (Wildman–Crippen LogP) is 2.56. The van der Waals surface area contributed by atoms with E-state index in [2.05, 4.69) is 13.8 Å². The van der Waals surface area contributed by atoms with Crippen molar-refractivity contribution in [3.05, 3.63) is 0 Å². The topological polar surface area (TPSA) is 60.9 Å². The molecule has 1 N–H and O–H groups in total. The molecule has 2 heterocycles. The van der Waals surface area contributed by atoms with Crippen molar-refractivity contribution in [1.29, 1.82) is 0 Å². The normalized spacial score (nSPS) is 31.2.